The Bertz CT molecular complexity index is 2290. The third kappa shape index (κ3) is 5.10. The fourth-order valence-corrected chi connectivity index (χ4v) is 6.05. The Morgan fingerprint density at radius 3 is 1.83 bits per heavy atom. The maximum absolute atomic E-state index is 11.0. The minimum Gasteiger partial charge on any atom is -0.507 e. The van der Waals surface area contributed by atoms with Crippen LogP contribution in [0.5, 0.6) is 5.75 Å². The van der Waals surface area contributed by atoms with Crippen LogP contribution >= 0.6 is 0 Å². The standard InChI is InChI=1S/C41H28N4O/c46-40-26-29-13-8-7-12-28(29)25-37(40)39-21-11-20-38(43-39)31-22-32(41-36-19-10-9-14-30(36)27-42-44-41)24-35(23-31)45(33-15-3-1-4-16-33)34-17-5-2-6-18-34/h1-27,46H. The largest absolute Gasteiger partial charge is 0.507 e. The Kier molecular flexibility index (Phi) is 6.89. The lowest BCUT2D eigenvalue weighted by Crippen LogP contribution is -2.10. The number of anilines is 3. The van der Waals surface area contributed by atoms with Gasteiger partial charge in [0, 0.05) is 44.5 Å². The van der Waals surface area contributed by atoms with Crippen LogP contribution in [0.25, 0.3) is 55.3 Å². The molecule has 8 rings (SSSR count). The topological polar surface area (TPSA) is 62.1 Å². The van der Waals surface area contributed by atoms with E-state index in [0.29, 0.717) is 11.3 Å². The third-order valence-corrected chi connectivity index (χ3v) is 8.23. The normalized spacial score (nSPS) is 11.1. The van der Waals surface area contributed by atoms with Crippen LogP contribution in [0, 0.1) is 0 Å². The molecule has 0 fully saturated rings. The van der Waals surface area contributed by atoms with Crippen LogP contribution in [0.1, 0.15) is 0 Å². The molecule has 0 aliphatic rings. The monoisotopic (exact) mass is 592 g/mol. The number of nitrogens with zero attached hydrogens (tertiary/aromatic N) is 4. The Morgan fingerprint density at radius 1 is 0.478 bits per heavy atom. The van der Waals surface area contributed by atoms with E-state index in [1.807, 2.05) is 97.1 Å². The van der Waals surface area contributed by atoms with Gasteiger partial charge in [-0.1, -0.05) is 91.0 Å². The number of para-hydroxylation sites is 2. The number of hydrogen-bond acceptors (Lipinski definition) is 5. The van der Waals surface area contributed by atoms with Crippen LogP contribution in [-0.2, 0) is 0 Å². The van der Waals surface area contributed by atoms with E-state index in [0.717, 1.165) is 61.1 Å². The predicted molar refractivity (Wildman–Crippen MR) is 187 cm³/mol. The van der Waals surface area contributed by atoms with Crippen LogP contribution < -0.4 is 4.90 Å². The highest BCUT2D eigenvalue weighted by atomic mass is 16.3. The molecule has 0 saturated carbocycles. The van der Waals surface area contributed by atoms with Gasteiger partial charge < -0.3 is 10.0 Å². The molecule has 2 aromatic heterocycles. The summed E-state index contributed by atoms with van der Waals surface area (Å²) in [7, 11) is 0. The first kappa shape index (κ1) is 27.2. The molecule has 0 bridgehead atoms. The van der Waals surface area contributed by atoms with Crippen LogP contribution in [0.4, 0.5) is 17.1 Å². The highest BCUT2D eigenvalue weighted by Crippen LogP contribution is 2.40. The molecule has 5 nitrogen and oxygen atoms in total. The van der Waals surface area contributed by atoms with Gasteiger partial charge in [-0.2, -0.15) is 5.10 Å². The van der Waals surface area contributed by atoms with Gasteiger partial charge in [-0.25, -0.2) is 4.98 Å². The molecule has 8 aromatic rings. The van der Waals surface area contributed by atoms with E-state index in [4.69, 9.17) is 4.98 Å². The van der Waals surface area contributed by atoms with Crippen molar-refractivity contribution in [3.63, 3.8) is 0 Å². The first-order valence-corrected chi connectivity index (χ1v) is 15.2. The number of hydrogen-bond donors (Lipinski definition) is 1. The summed E-state index contributed by atoms with van der Waals surface area (Å²) in [6, 6.07) is 53.1. The second-order valence-electron chi connectivity index (χ2n) is 11.2. The molecular weight excluding hydrogens is 564 g/mol. The van der Waals surface area contributed by atoms with E-state index < -0.39 is 0 Å². The molecule has 0 aliphatic carbocycles. The van der Waals surface area contributed by atoms with Crippen molar-refractivity contribution in [1.29, 1.82) is 0 Å². The predicted octanol–water partition coefficient (Wildman–Crippen LogP) is 10.4. The number of phenols is 1. The summed E-state index contributed by atoms with van der Waals surface area (Å²) < 4.78 is 0. The lowest BCUT2D eigenvalue weighted by molar-refractivity contribution is 0.478. The number of pyridine rings is 1. The summed E-state index contributed by atoms with van der Waals surface area (Å²) in [5, 5.41) is 24.1. The molecule has 0 aliphatic heterocycles. The number of phenolic OH excluding ortho intramolecular Hbond substituents is 1. The molecule has 0 amide bonds. The summed E-state index contributed by atoms with van der Waals surface area (Å²) in [6.07, 6.45) is 1.80. The molecule has 0 radical (unpaired) electrons. The summed E-state index contributed by atoms with van der Waals surface area (Å²) >= 11 is 0. The molecule has 6 aromatic carbocycles. The van der Waals surface area contributed by atoms with E-state index >= 15 is 0 Å². The molecule has 1 N–H and O–H groups in total. The van der Waals surface area contributed by atoms with Crippen LogP contribution in [0.2, 0.25) is 0 Å². The average molecular weight is 593 g/mol. The minimum absolute atomic E-state index is 0.197. The van der Waals surface area contributed by atoms with Crippen LogP contribution in [0.15, 0.2) is 164 Å². The molecule has 2 heterocycles. The lowest BCUT2D eigenvalue weighted by atomic mass is 9.99. The van der Waals surface area contributed by atoms with Gasteiger partial charge in [0.15, 0.2) is 0 Å². The number of benzene rings is 6. The van der Waals surface area contributed by atoms with Crippen molar-refractivity contribution in [1.82, 2.24) is 15.2 Å². The van der Waals surface area contributed by atoms with Gasteiger partial charge in [-0.15, -0.1) is 5.10 Å². The quantitative estimate of drug-likeness (QED) is 0.208. The first-order valence-electron chi connectivity index (χ1n) is 15.2. The van der Waals surface area contributed by atoms with Gasteiger partial charge in [0.2, 0.25) is 0 Å². The average Bonchev–Trinajstić information content (AvgIpc) is 3.12. The van der Waals surface area contributed by atoms with E-state index in [-0.39, 0.29) is 5.75 Å². The lowest BCUT2D eigenvalue weighted by Gasteiger charge is -2.26. The van der Waals surface area contributed by atoms with Crippen molar-refractivity contribution in [3.05, 3.63) is 164 Å². The fourth-order valence-electron chi connectivity index (χ4n) is 6.05. The minimum atomic E-state index is 0.197. The van der Waals surface area contributed by atoms with Crippen molar-refractivity contribution < 1.29 is 5.11 Å². The third-order valence-electron chi connectivity index (χ3n) is 8.23. The maximum atomic E-state index is 11.0. The number of rotatable bonds is 6. The second kappa shape index (κ2) is 11.6. The summed E-state index contributed by atoms with van der Waals surface area (Å²) in [4.78, 5) is 7.35. The van der Waals surface area contributed by atoms with E-state index in [9.17, 15) is 5.11 Å². The van der Waals surface area contributed by atoms with Gasteiger partial charge in [0.25, 0.3) is 0 Å². The van der Waals surface area contributed by atoms with Gasteiger partial charge in [-0.05, 0) is 77.5 Å². The Balaban J connectivity index is 1.35. The van der Waals surface area contributed by atoms with Gasteiger partial charge in [0.1, 0.15) is 11.4 Å². The van der Waals surface area contributed by atoms with Gasteiger partial charge in [-0.3, -0.25) is 0 Å². The molecule has 0 atom stereocenters. The van der Waals surface area contributed by atoms with E-state index in [1.54, 1.807) is 12.3 Å². The van der Waals surface area contributed by atoms with E-state index in [1.165, 1.54) is 0 Å². The van der Waals surface area contributed by atoms with Gasteiger partial charge in [0.05, 0.1) is 17.6 Å². The fraction of sp³-hybridized carbons (Fsp3) is 0. The highest BCUT2D eigenvalue weighted by molar-refractivity contribution is 5.96. The molecule has 218 valence electrons. The zero-order valence-electron chi connectivity index (χ0n) is 24.8. The molecular formula is C41H28N4O. The summed E-state index contributed by atoms with van der Waals surface area (Å²) in [5.41, 5.74) is 7.82. The van der Waals surface area contributed by atoms with Crippen molar-refractivity contribution in [3.8, 4) is 39.5 Å². The second-order valence-corrected chi connectivity index (χ2v) is 11.2. The molecule has 5 heteroatoms. The van der Waals surface area contributed by atoms with Crippen LogP contribution in [-0.4, -0.2) is 20.3 Å². The first-order chi connectivity index (χ1) is 22.7. The van der Waals surface area contributed by atoms with Crippen LogP contribution in [0.3, 0.4) is 0 Å². The number of aromatic nitrogens is 3. The van der Waals surface area contributed by atoms with Gasteiger partial charge >= 0.3 is 0 Å². The van der Waals surface area contributed by atoms with E-state index in [2.05, 4.69) is 69.7 Å². The Hall–Kier alpha value is -6.33. The summed E-state index contributed by atoms with van der Waals surface area (Å²) in [5.74, 6) is 0.197. The maximum Gasteiger partial charge on any atom is 0.125 e. The van der Waals surface area contributed by atoms with Crippen molar-refractivity contribution in [2.75, 3.05) is 4.90 Å². The highest BCUT2D eigenvalue weighted by Gasteiger charge is 2.18. The number of aromatic hydroxyl groups is 1. The van der Waals surface area contributed by atoms with Crippen molar-refractivity contribution >= 4 is 38.6 Å². The Labute approximate surface area is 266 Å². The Morgan fingerprint density at radius 2 is 1.09 bits per heavy atom. The molecule has 0 spiro atoms. The summed E-state index contributed by atoms with van der Waals surface area (Å²) in [6.45, 7) is 0. The zero-order valence-corrected chi connectivity index (χ0v) is 24.8. The molecule has 0 saturated heterocycles. The smallest absolute Gasteiger partial charge is 0.125 e. The SMILES string of the molecule is Oc1cc2ccccc2cc1-c1cccc(-c2cc(-c3nncc4ccccc34)cc(N(c3ccccc3)c3ccccc3)c2)n1. The van der Waals surface area contributed by atoms with Crippen molar-refractivity contribution in [2.45, 2.75) is 0 Å². The zero-order chi connectivity index (χ0) is 30.9. The number of fused-ring (bicyclic) bond motifs is 2. The van der Waals surface area contributed by atoms with Crippen molar-refractivity contribution in [2.24, 2.45) is 0 Å². The molecule has 46 heavy (non-hydrogen) atoms. The molecule has 0 unspecified atom stereocenters.